The second-order valence-corrected chi connectivity index (χ2v) is 21.6. The van der Waals surface area contributed by atoms with E-state index in [-0.39, 0.29) is 57.1 Å². The van der Waals surface area contributed by atoms with Crippen LogP contribution in [0.4, 0.5) is 0 Å². The number of nitrogens with one attached hydrogen (secondary N) is 2. The second kappa shape index (κ2) is 25.7. The maximum Gasteiger partial charge on any atom is 0.306 e. The van der Waals surface area contributed by atoms with Gasteiger partial charge in [0.15, 0.2) is 12.4 Å². The fourth-order valence-electron chi connectivity index (χ4n) is 12.8. The van der Waals surface area contributed by atoms with Crippen LogP contribution in [0.1, 0.15) is 118 Å². The van der Waals surface area contributed by atoms with Crippen molar-refractivity contribution in [3.05, 3.63) is 11.6 Å². The summed E-state index contributed by atoms with van der Waals surface area (Å²) in [5.74, 6) is 1.97. The molecule has 5 aliphatic rings. The molecule has 1 heterocycles. The standard InChI is InChI=1S/C50H85N3O16/c1-28(2)8-7-9-29(3)33-12-13-34-32-11-10-30-24-31(16-18-49(30,4)35(32)17-19-50(33,34)5)67-40(59)15-14-38(57)51-20-22-53(39(58)27-66-6)23-21-52-47(65)44(63)43(62)46(36(56)25-54)69-48-45(64)42(61)41(60)37(26-55)68-48/h10,28-29,31-37,41-46,48,54-56,60-64H,7-9,11-27H2,1-6H3,(H,51,57)(H,52,65)/t29-,31?,32+,33-,34+,35+,36?,37?,41-,42-,43?,44?,45?,46?,48-,49+,50-/m0/s1. The quantitative estimate of drug-likeness (QED) is 0.0445. The van der Waals surface area contributed by atoms with Crippen LogP contribution in [-0.2, 0) is 38.1 Å². The van der Waals surface area contributed by atoms with Crippen molar-refractivity contribution in [1.29, 1.82) is 0 Å². The van der Waals surface area contributed by atoms with E-state index in [2.05, 4.69) is 51.3 Å². The Kier molecular flexibility index (Phi) is 21.3. The number of allylic oxidation sites excluding steroid dienone is 1. The van der Waals surface area contributed by atoms with Gasteiger partial charge in [-0.3, -0.25) is 19.2 Å². The molecular weight excluding hydrogens is 899 g/mol. The molecule has 19 nitrogen and oxygen atoms in total. The molecule has 0 aromatic heterocycles. The fourth-order valence-corrected chi connectivity index (χ4v) is 12.8. The van der Waals surface area contributed by atoms with Gasteiger partial charge in [0, 0.05) is 46.1 Å². The third kappa shape index (κ3) is 13.8. The molecular formula is C50H85N3O16. The van der Waals surface area contributed by atoms with Gasteiger partial charge < -0.3 is 75.3 Å². The lowest BCUT2D eigenvalue weighted by Gasteiger charge is -2.58. The molecule has 3 amide bonds. The normalized spacial score (nSPS) is 34.2. The number of methoxy groups -OCH3 is 1. The van der Waals surface area contributed by atoms with Gasteiger partial charge in [0.1, 0.15) is 55.4 Å². The van der Waals surface area contributed by atoms with E-state index in [1.807, 2.05) is 0 Å². The molecule has 4 fully saturated rings. The lowest BCUT2D eigenvalue weighted by Crippen LogP contribution is -2.62. The van der Waals surface area contributed by atoms with Crippen molar-refractivity contribution >= 4 is 23.7 Å². The van der Waals surface area contributed by atoms with Gasteiger partial charge in [-0.2, -0.15) is 0 Å². The SMILES string of the molecule is COCC(=O)N(CCNC(=O)CCC(=O)OC1CC[C@]2(C)C(=CC[C@@H]3[C@H]4CC[C@@H]([C@@H](C)CCCC(C)C)[C@]4(C)CC[C@H]32)C1)CCNC(=O)C(O)C(O)C(O[C@@H]1OC(CO)[C@H](O)[C@H](O)C1O)C(O)CO. The number of esters is 1. The monoisotopic (exact) mass is 984 g/mol. The number of nitrogens with zero attached hydrogens (tertiary/aromatic N) is 1. The average Bonchev–Trinajstić information content (AvgIpc) is 3.68. The number of rotatable bonds is 25. The smallest absolute Gasteiger partial charge is 0.306 e. The molecule has 0 aromatic rings. The summed E-state index contributed by atoms with van der Waals surface area (Å²) in [5, 5.41) is 86.3. The molecule has 5 rings (SSSR count). The Morgan fingerprint density at radius 1 is 0.884 bits per heavy atom. The molecule has 3 saturated carbocycles. The number of amides is 3. The third-order valence-corrected chi connectivity index (χ3v) is 16.8. The highest BCUT2D eigenvalue weighted by Gasteiger charge is 2.59. The van der Waals surface area contributed by atoms with E-state index in [9.17, 15) is 60.0 Å². The summed E-state index contributed by atoms with van der Waals surface area (Å²) in [5.41, 5.74) is 1.97. The van der Waals surface area contributed by atoms with Crippen molar-refractivity contribution in [1.82, 2.24) is 15.5 Å². The van der Waals surface area contributed by atoms with Crippen LogP contribution in [0.25, 0.3) is 0 Å². The minimum Gasteiger partial charge on any atom is -0.462 e. The summed E-state index contributed by atoms with van der Waals surface area (Å²) >= 11 is 0. The Morgan fingerprint density at radius 2 is 1.59 bits per heavy atom. The van der Waals surface area contributed by atoms with Crippen LogP contribution in [0, 0.1) is 46.3 Å². The number of carbonyl (C=O) groups is 4. The number of aliphatic hydroxyl groups is 8. The third-order valence-electron chi connectivity index (χ3n) is 16.8. The molecule has 1 aliphatic heterocycles. The van der Waals surface area contributed by atoms with Crippen molar-refractivity contribution < 1.29 is 79.0 Å². The lowest BCUT2D eigenvalue weighted by molar-refractivity contribution is -0.326. The molecule has 0 bridgehead atoms. The summed E-state index contributed by atoms with van der Waals surface area (Å²) in [6.45, 7) is 9.68. The largest absolute Gasteiger partial charge is 0.462 e. The minimum absolute atomic E-state index is 0.00412. The van der Waals surface area contributed by atoms with E-state index >= 15 is 0 Å². The topological polar surface area (TPSA) is 294 Å². The zero-order valence-corrected chi connectivity index (χ0v) is 41.7. The van der Waals surface area contributed by atoms with Crippen LogP contribution < -0.4 is 10.6 Å². The predicted octanol–water partition coefficient (Wildman–Crippen LogP) is 0.687. The molecule has 0 aromatic carbocycles. The van der Waals surface area contributed by atoms with Gasteiger partial charge in [0.2, 0.25) is 11.8 Å². The number of hydrogen-bond acceptors (Lipinski definition) is 16. The van der Waals surface area contributed by atoms with Crippen LogP contribution in [0.2, 0.25) is 0 Å². The van der Waals surface area contributed by atoms with E-state index in [1.54, 1.807) is 0 Å². The second-order valence-electron chi connectivity index (χ2n) is 21.6. The van der Waals surface area contributed by atoms with E-state index in [4.69, 9.17) is 18.9 Å². The zero-order valence-electron chi connectivity index (χ0n) is 41.7. The van der Waals surface area contributed by atoms with Crippen molar-refractivity contribution in [3.63, 3.8) is 0 Å². The Hall–Kier alpha value is -2.82. The molecule has 17 atom stereocenters. The first-order valence-corrected chi connectivity index (χ1v) is 25.5. The molecule has 1 saturated heterocycles. The highest BCUT2D eigenvalue weighted by atomic mass is 16.7. The number of hydrogen-bond donors (Lipinski definition) is 10. The van der Waals surface area contributed by atoms with Crippen LogP contribution in [0.3, 0.4) is 0 Å². The number of carbonyl (C=O) groups excluding carboxylic acids is 4. The van der Waals surface area contributed by atoms with Crippen molar-refractivity contribution in [3.8, 4) is 0 Å². The van der Waals surface area contributed by atoms with Crippen LogP contribution in [0.5, 0.6) is 0 Å². The summed E-state index contributed by atoms with van der Waals surface area (Å²) in [4.78, 5) is 52.9. The number of ether oxygens (including phenoxy) is 4. The average molecular weight is 984 g/mol. The Balaban J connectivity index is 1.03. The number of fused-ring (bicyclic) bond motifs is 5. The first-order chi connectivity index (χ1) is 32.7. The maximum atomic E-state index is 13.0. The molecule has 7 unspecified atom stereocenters. The highest BCUT2D eigenvalue weighted by molar-refractivity contribution is 5.82. The van der Waals surface area contributed by atoms with Gasteiger partial charge >= 0.3 is 5.97 Å². The first-order valence-electron chi connectivity index (χ1n) is 25.5. The van der Waals surface area contributed by atoms with Crippen LogP contribution in [-0.4, -0.2) is 184 Å². The zero-order chi connectivity index (χ0) is 50.8. The molecule has 19 heteroatoms. The Bertz CT molecular complexity index is 1720. The van der Waals surface area contributed by atoms with Gasteiger partial charge in [-0.15, -0.1) is 0 Å². The van der Waals surface area contributed by atoms with E-state index in [1.165, 1.54) is 62.5 Å². The van der Waals surface area contributed by atoms with Crippen molar-refractivity contribution in [2.75, 3.05) is 53.1 Å². The van der Waals surface area contributed by atoms with Gasteiger partial charge in [0.25, 0.3) is 5.91 Å². The fraction of sp³-hybridized carbons (Fsp3) is 0.880. The molecule has 396 valence electrons. The van der Waals surface area contributed by atoms with Gasteiger partial charge in [0.05, 0.1) is 19.6 Å². The minimum atomic E-state index is -2.29. The van der Waals surface area contributed by atoms with Crippen molar-refractivity contribution in [2.45, 2.75) is 179 Å². The van der Waals surface area contributed by atoms with Crippen LogP contribution >= 0.6 is 0 Å². The predicted molar refractivity (Wildman–Crippen MR) is 250 cm³/mol. The Labute approximate surface area is 407 Å². The van der Waals surface area contributed by atoms with E-state index in [0.29, 0.717) is 17.3 Å². The molecule has 4 aliphatic carbocycles. The number of aliphatic hydroxyl groups excluding tert-OH is 8. The summed E-state index contributed by atoms with van der Waals surface area (Å²) in [6.07, 6.45) is -2.41. The maximum absolute atomic E-state index is 13.0. The van der Waals surface area contributed by atoms with Crippen LogP contribution in [0.15, 0.2) is 11.6 Å². The summed E-state index contributed by atoms with van der Waals surface area (Å²) in [6, 6.07) is 0. The summed E-state index contributed by atoms with van der Waals surface area (Å²) < 4.78 is 21.5. The first kappa shape index (κ1) is 57.1. The summed E-state index contributed by atoms with van der Waals surface area (Å²) in [7, 11) is 1.32. The van der Waals surface area contributed by atoms with E-state index in [0.717, 1.165) is 49.4 Å². The highest BCUT2D eigenvalue weighted by Crippen LogP contribution is 2.67. The van der Waals surface area contributed by atoms with E-state index < -0.39 is 92.0 Å². The van der Waals surface area contributed by atoms with Crippen molar-refractivity contribution in [2.24, 2.45) is 46.3 Å². The van der Waals surface area contributed by atoms with Gasteiger partial charge in [-0.1, -0.05) is 65.5 Å². The molecule has 0 radical (unpaired) electrons. The molecule has 69 heavy (non-hydrogen) atoms. The lowest BCUT2D eigenvalue weighted by atomic mass is 9.47. The van der Waals surface area contributed by atoms with Gasteiger partial charge in [-0.05, 0) is 91.3 Å². The Morgan fingerprint density at radius 3 is 2.26 bits per heavy atom. The molecule has 10 N–H and O–H groups in total. The molecule has 0 spiro atoms. The van der Waals surface area contributed by atoms with Gasteiger partial charge in [-0.25, -0.2) is 0 Å².